The third kappa shape index (κ3) is 4.35. The second-order valence-electron chi connectivity index (χ2n) is 4.91. The molecule has 0 spiro atoms. The third-order valence-corrected chi connectivity index (χ3v) is 3.33. The molecule has 0 aromatic heterocycles. The van der Waals surface area contributed by atoms with Gasteiger partial charge in [0.15, 0.2) is 0 Å². The van der Waals surface area contributed by atoms with Gasteiger partial charge in [-0.25, -0.2) is 0 Å². The Morgan fingerprint density at radius 1 is 1.05 bits per heavy atom. The summed E-state index contributed by atoms with van der Waals surface area (Å²) >= 11 is 0. The Morgan fingerprint density at radius 2 is 1.64 bits per heavy atom. The highest BCUT2D eigenvalue weighted by atomic mass is 16.4. The van der Waals surface area contributed by atoms with Crippen molar-refractivity contribution in [1.29, 1.82) is 0 Å². The van der Waals surface area contributed by atoms with Crippen molar-refractivity contribution in [3.8, 4) is 0 Å². The SMILES string of the molecule is C=C[C@@H](C(=O)O)[C@@H](/C=C/c1ccccc1)Nc1ccccc1. The lowest BCUT2D eigenvalue weighted by Crippen LogP contribution is -2.31. The molecule has 2 rings (SSSR count). The first-order valence-corrected chi connectivity index (χ1v) is 7.11. The number of aliphatic carboxylic acids is 1. The minimum atomic E-state index is -0.902. The van der Waals surface area contributed by atoms with Crippen LogP contribution in [0.25, 0.3) is 6.08 Å². The van der Waals surface area contributed by atoms with Crippen molar-refractivity contribution >= 4 is 17.7 Å². The minimum Gasteiger partial charge on any atom is -0.481 e. The highest BCUT2D eigenvalue weighted by Gasteiger charge is 2.23. The van der Waals surface area contributed by atoms with Crippen LogP contribution >= 0.6 is 0 Å². The molecular formula is C19H19NO2. The summed E-state index contributed by atoms with van der Waals surface area (Å²) in [5.41, 5.74) is 1.90. The van der Waals surface area contributed by atoms with Crippen molar-refractivity contribution in [2.75, 3.05) is 5.32 Å². The van der Waals surface area contributed by atoms with Gasteiger partial charge in [0.2, 0.25) is 0 Å². The molecule has 3 nitrogen and oxygen atoms in total. The first kappa shape index (κ1) is 15.6. The standard InChI is InChI=1S/C19H19NO2/c1-2-17(19(21)22)18(20-16-11-7-4-8-12-16)14-13-15-9-5-3-6-10-15/h2-14,17-18,20H,1H2,(H,21,22)/b14-13+/t17-,18-/m1/s1. The number of carboxylic acid groups (broad SMARTS) is 1. The number of anilines is 1. The monoisotopic (exact) mass is 293 g/mol. The summed E-state index contributed by atoms with van der Waals surface area (Å²) in [6.45, 7) is 3.65. The van der Waals surface area contributed by atoms with E-state index in [1.807, 2.05) is 72.8 Å². The summed E-state index contributed by atoms with van der Waals surface area (Å²) in [5.74, 6) is -1.61. The van der Waals surface area contributed by atoms with Crippen LogP contribution in [0.2, 0.25) is 0 Å². The van der Waals surface area contributed by atoms with Crippen molar-refractivity contribution in [3.05, 3.63) is 85.0 Å². The van der Waals surface area contributed by atoms with Gasteiger partial charge < -0.3 is 10.4 Å². The predicted octanol–water partition coefficient (Wildman–Crippen LogP) is 4.07. The van der Waals surface area contributed by atoms with E-state index in [1.54, 1.807) is 0 Å². The molecule has 0 unspecified atom stereocenters. The summed E-state index contributed by atoms with van der Waals surface area (Å²) < 4.78 is 0. The van der Waals surface area contributed by atoms with Crippen LogP contribution < -0.4 is 5.32 Å². The molecule has 112 valence electrons. The number of hydrogen-bond acceptors (Lipinski definition) is 2. The van der Waals surface area contributed by atoms with Gasteiger partial charge >= 0.3 is 5.97 Å². The number of hydrogen-bond donors (Lipinski definition) is 2. The van der Waals surface area contributed by atoms with E-state index in [1.165, 1.54) is 6.08 Å². The molecule has 2 atom stereocenters. The van der Waals surface area contributed by atoms with E-state index in [4.69, 9.17) is 0 Å². The van der Waals surface area contributed by atoms with E-state index in [-0.39, 0.29) is 6.04 Å². The molecule has 0 amide bonds. The first-order valence-electron chi connectivity index (χ1n) is 7.11. The Hall–Kier alpha value is -2.81. The van der Waals surface area contributed by atoms with E-state index >= 15 is 0 Å². The van der Waals surface area contributed by atoms with Crippen LogP contribution in [0, 0.1) is 5.92 Å². The average molecular weight is 293 g/mol. The van der Waals surface area contributed by atoms with Gasteiger partial charge in [-0.1, -0.05) is 66.8 Å². The lowest BCUT2D eigenvalue weighted by Gasteiger charge is -2.21. The molecule has 0 aliphatic heterocycles. The zero-order valence-electron chi connectivity index (χ0n) is 12.2. The molecule has 0 aliphatic rings. The maximum atomic E-state index is 11.4. The van der Waals surface area contributed by atoms with Crippen molar-refractivity contribution in [1.82, 2.24) is 0 Å². The lowest BCUT2D eigenvalue weighted by molar-refractivity contribution is -0.140. The summed E-state index contributed by atoms with van der Waals surface area (Å²) in [6, 6.07) is 19.0. The van der Waals surface area contributed by atoms with Crippen molar-refractivity contribution < 1.29 is 9.90 Å². The van der Waals surface area contributed by atoms with Crippen LogP contribution in [-0.4, -0.2) is 17.1 Å². The Bertz CT molecular complexity index is 635. The van der Waals surface area contributed by atoms with Crippen molar-refractivity contribution in [2.24, 2.45) is 5.92 Å². The molecule has 0 saturated heterocycles. The normalized spacial score (nSPS) is 13.5. The minimum absolute atomic E-state index is 0.377. The fraction of sp³-hybridized carbons (Fsp3) is 0.105. The number of nitrogens with one attached hydrogen (secondary N) is 1. The summed E-state index contributed by atoms with van der Waals surface area (Å²) in [7, 11) is 0. The smallest absolute Gasteiger partial charge is 0.312 e. The number of benzene rings is 2. The van der Waals surface area contributed by atoms with E-state index in [0.29, 0.717) is 0 Å². The van der Waals surface area contributed by atoms with Crippen LogP contribution in [-0.2, 0) is 4.79 Å². The predicted molar refractivity (Wildman–Crippen MR) is 90.7 cm³/mol. The first-order chi connectivity index (χ1) is 10.7. The molecular weight excluding hydrogens is 274 g/mol. The van der Waals surface area contributed by atoms with Gasteiger partial charge in [0, 0.05) is 5.69 Å². The summed E-state index contributed by atoms with van der Waals surface area (Å²) in [4.78, 5) is 11.4. The fourth-order valence-electron chi connectivity index (χ4n) is 2.16. The van der Waals surface area contributed by atoms with E-state index in [9.17, 15) is 9.90 Å². The number of carboxylic acids is 1. The highest BCUT2D eigenvalue weighted by molar-refractivity contribution is 5.75. The van der Waals surface area contributed by atoms with Crippen molar-refractivity contribution in [2.45, 2.75) is 6.04 Å². The van der Waals surface area contributed by atoms with Gasteiger partial charge in [-0.05, 0) is 17.7 Å². The fourth-order valence-corrected chi connectivity index (χ4v) is 2.16. The molecule has 0 heterocycles. The topological polar surface area (TPSA) is 49.3 Å². The van der Waals surface area contributed by atoms with E-state index < -0.39 is 11.9 Å². The van der Waals surface area contributed by atoms with Gasteiger partial charge in [0.25, 0.3) is 0 Å². The molecule has 0 bridgehead atoms. The maximum absolute atomic E-state index is 11.4. The number of carbonyl (C=O) groups is 1. The quantitative estimate of drug-likeness (QED) is 0.757. The summed E-state index contributed by atoms with van der Waals surface area (Å²) in [6.07, 6.45) is 5.24. The zero-order chi connectivity index (χ0) is 15.8. The summed E-state index contributed by atoms with van der Waals surface area (Å²) in [5, 5.41) is 12.6. The molecule has 0 fully saturated rings. The molecule has 3 heteroatoms. The Morgan fingerprint density at radius 3 is 2.18 bits per heavy atom. The van der Waals surface area contributed by atoms with Crippen LogP contribution in [0.5, 0.6) is 0 Å². The molecule has 2 aromatic carbocycles. The molecule has 0 aliphatic carbocycles. The van der Waals surface area contributed by atoms with Crippen LogP contribution in [0.1, 0.15) is 5.56 Å². The molecule has 0 radical (unpaired) electrons. The second kappa shape index (κ2) is 7.84. The lowest BCUT2D eigenvalue weighted by atomic mass is 9.98. The largest absolute Gasteiger partial charge is 0.481 e. The Balaban J connectivity index is 2.23. The van der Waals surface area contributed by atoms with E-state index in [0.717, 1.165) is 11.3 Å². The number of para-hydroxylation sites is 1. The molecule has 2 aromatic rings. The second-order valence-corrected chi connectivity index (χ2v) is 4.91. The van der Waals surface area contributed by atoms with Crippen LogP contribution in [0.15, 0.2) is 79.4 Å². The molecule has 22 heavy (non-hydrogen) atoms. The molecule has 0 saturated carbocycles. The van der Waals surface area contributed by atoms with Gasteiger partial charge in [-0.3, -0.25) is 4.79 Å². The number of rotatable bonds is 7. The van der Waals surface area contributed by atoms with Crippen LogP contribution in [0.4, 0.5) is 5.69 Å². The maximum Gasteiger partial charge on any atom is 0.312 e. The highest BCUT2D eigenvalue weighted by Crippen LogP contribution is 2.16. The zero-order valence-corrected chi connectivity index (χ0v) is 12.2. The van der Waals surface area contributed by atoms with Crippen LogP contribution in [0.3, 0.4) is 0 Å². The van der Waals surface area contributed by atoms with Gasteiger partial charge in [0.1, 0.15) is 0 Å². The van der Waals surface area contributed by atoms with Gasteiger partial charge in [-0.2, -0.15) is 0 Å². The Kier molecular flexibility index (Phi) is 5.55. The van der Waals surface area contributed by atoms with Gasteiger partial charge in [0.05, 0.1) is 12.0 Å². The van der Waals surface area contributed by atoms with Gasteiger partial charge in [-0.15, -0.1) is 6.58 Å². The van der Waals surface area contributed by atoms with E-state index in [2.05, 4.69) is 11.9 Å². The average Bonchev–Trinajstić information content (AvgIpc) is 2.54. The Labute approximate surface area is 130 Å². The molecule has 2 N–H and O–H groups in total. The van der Waals surface area contributed by atoms with Crippen molar-refractivity contribution in [3.63, 3.8) is 0 Å². The third-order valence-electron chi connectivity index (χ3n) is 3.33.